The number of piperidine rings is 1. The van der Waals surface area contributed by atoms with Crippen molar-refractivity contribution in [3.05, 3.63) is 0 Å². The highest BCUT2D eigenvalue weighted by Crippen LogP contribution is 2.10. The maximum atomic E-state index is 11.6. The minimum atomic E-state index is 0.158. The van der Waals surface area contributed by atoms with E-state index in [1.165, 1.54) is 0 Å². The molecule has 0 aromatic heterocycles. The third-order valence-corrected chi connectivity index (χ3v) is 2.61. The topological polar surface area (TPSA) is 66.6 Å². The Morgan fingerprint density at radius 1 is 1.50 bits per heavy atom. The molecule has 1 unspecified atom stereocenters. The molecule has 14 heavy (non-hydrogen) atoms. The molecule has 0 radical (unpaired) electrons. The number of hydrogen-bond acceptors (Lipinski definition) is 3. The second-order valence-corrected chi connectivity index (χ2v) is 3.92. The van der Waals surface area contributed by atoms with E-state index in [1.807, 2.05) is 4.90 Å². The zero-order chi connectivity index (χ0) is 10.4. The fourth-order valence-electron chi connectivity index (χ4n) is 1.78. The normalized spacial score (nSPS) is 22.4. The Kier molecular flexibility index (Phi) is 4.90. The molecule has 3 N–H and O–H groups in total. The lowest BCUT2D eigenvalue weighted by molar-refractivity contribution is -0.132. The van der Waals surface area contributed by atoms with Crippen molar-refractivity contribution in [2.45, 2.75) is 38.1 Å². The van der Waals surface area contributed by atoms with Crippen LogP contribution in [0.1, 0.15) is 32.1 Å². The SMILES string of the molecule is NC1CCCN(C(=O)CCCCO)C1. The van der Waals surface area contributed by atoms with Gasteiger partial charge in [-0.25, -0.2) is 0 Å². The zero-order valence-electron chi connectivity index (χ0n) is 8.61. The van der Waals surface area contributed by atoms with Gasteiger partial charge in [0, 0.05) is 32.2 Å². The molecule has 1 rings (SSSR count). The average Bonchev–Trinajstić information content (AvgIpc) is 2.18. The van der Waals surface area contributed by atoms with E-state index in [1.54, 1.807) is 0 Å². The molecule has 0 aliphatic carbocycles. The predicted molar refractivity (Wildman–Crippen MR) is 54.7 cm³/mol. The molecule has 1 aliphatic rings. The minimum absolute atomic E-state index is 0.158. The summed E-state index contributed by atoms with van der Waals surface area (Å²) in [5.41, 5.74) is 5.78. The van der Waals surface area contributed by atoms with Crippen LogP contribution in [-0.4, -0.2) is 41.7 Å². The van der Waals surface area contributed by atoms with Gasteiger partial charge in [0.05, 0.1) is 0 Å². The molecule has 4 heteroatoms. The van der Waals surface area contributed by atoms with Crippen molar-refractivity contribution in [3.8, 4) is 0 Å². The molecule has 1 aliphatic heterocycles. The minimum Gasteiger partial charge on any atom is -0.396 e. The summed E-state index contributed by atoms with van der Waals surface area (Å²) in [6.45, 7) is 1.73. The number of aliphatic hydroxyl groups excluding tert-OH is 1. The van der Waals surface area contributed by atoms with Gasteiger partial charge in [-0.1, -0.05) is 0 Å². The quantitative estimate of drug-likeness (QED) is 0.632. The van der Waals surface area contributed by atoms with Crippen LogP contribution in [-0.2, 0) is 4.79 Å². The van der Waals surface area contributed by atoms with Crippen LogP contribution in [0.2, 0.25) is 0 Å². The summed E-state index contributed by atoms with van der Waals surface area (Å²) in [6.07, 6.45) is 4.09. The second kappa shape index (κ2) is 5.98. The van der Waals surface area contributed by atoms with Crippen molar-refractivity contribution in [2.24, 2.45) is 5.73 Å². The largest absolute Gasteiger partial charge is 0.396 e. The third-order valence-electron chi connectivity index (χ3n) is 2.61. The van der Waals surface area contributed by atoms with E-state index >= 15 is 0 Å². The Hall–Kier alpha value is -0.610. The molecule has 0 saturated carbocycles. The van der Waals surface area contributed by atoms with E-state index in [9.17, 15) is 4.79 Å². The first-order valence-electron chi connectivity index (χ1n) is 5.38. The summed E-state index contributed by atoms with van der Waals surface area (Å²) in [5.74, 6) is 0.189. The van der Waals surface area contributed by atoms with Crippen molar-refractivity contribution in [3.63, 3.8) is 0 Å². The number of carbonyl (C=O) groups excluding carboxylic acids is 1. The smallest absolute Gasteiger partial charge is 0.222 e. The first-order chi connectivity index (χ1) is 6.74. The molecule has 1 heterocycles. The van der Waals surface area contributed by atoms with E-state index in [2.05, 4.69) is 0 Å². The van der Waals surface area contributed by atoms with Gasteiger partial charge in [0.1, 0.15) is 0 Å². The number of unbranched alkanes of at least 4 members (excludes halogenated alkanes) is 1. The third kappa shape index (κ3) is 3.64. The van der Waals surface area contributed by atoms with Crippen LogP contribution in [0.5, 0.6) is 0 Å². The molecule has 82 valence electrons. The molecular weight excluding hydrogens is 180 g/mol. The van der Waals surface area contributed by atoms with E-state index in [-0.39, 0.29) is 18.6 Å². The average molecular weight is 200 g/mol. The maximum absolute atomic E-state index is 11.6. The molecule has 0 spiro atoms. The highest BCUT2D eigenvalue weighted by atomic mass is 16.3. The molecule has 0 aromatic rings. The number of likely N-dealkylation sites (tertiary alicyclic amines) is 1. The van der Waals surface area contributed by atoms with Crippen molar-refractivity contribution >= 4 is 5.91 Å². The van der Waals surface area contributed by atoms with Crippen LogP contribution in [0.15, 0.2) is 0 Å². The second-order valence-electron chi connectivity index (χ2n) is 3.92. The summed E-state index contributed by atoms with van der Waals surface area (Å²) in [4.78, 5) is 13.5. The number of amides is 1. The lowest BCUT2D eigenvalue weighted by Gasteiger charge is -2.30. The standard InChI is InChI=1S/C10H20N2O2/c11-9-4-3-6-12(8-9)10(14)5-1-2-7-13/h9,13H,1-8,11H2. The molecule has 0 bridgehead atoms. The van der Waals surface area contributed by atoms with Gasteiger partial charge in [-0.15, -0.1) is 0 Å². The zero-order valence-corrected chi connectivity index (χ0v) is 8.61. The van der Waals surface area contributed by atoms with E-state index in [0.29, 0.717) is 19.4 Å². The van der Waals surface area contributed by atoms with Crippen molar-refractivity contribution < 1.29 is 9.90 Å². The van der Waals surface area contributed by atoms with Crippen LogP contribution in [0.3, 0.4) is 0 Å². The van der Waals surface area contributed by atoms with E-state index < -0.39 is 0 Å². The lowest BCUT2D eigenvalue weighted by atomic mass is 10.1. The number of nitrogens with two attached hydrogens (primary N) is 1. The van der Waals surface area contributed by atoms with Gasteiger partial charge in [0.15, 0.2) is 0 Å². The Morgan fingerprint density at radius 3 is 2.93 bits per heavy atom. The monoisotopic (exact) mass is 200 g/mol. The van der Waals surface area contributed by atoms with Crippen molar-refractivity contribution in [1.29, 1.82) is 0 Å². The van der Waals surface area contributed by atoms with Crippen molar-refractivity contribution in [1.82, 2.24) is 4.90 Å². The summed E-state index contributed by atoms with van der Waals surface area (Å²) in [5, 5.41) is 8.59. The van der Waals surface area contributed by atoms with E-state index in [0.717, 1.165) is 25.8 Å². The lowest BCUT2D eigenvalue weighted by Crippen LogP contribution is -2.45. The number of aliphatic hydroxyl groups is 1. The maximum Gasteiger partial charge on any atom is 0.222 e. The summed E-state index contributed by atoms with van der Waals surface area (Å²) in [7, 11) is 0. The number of rotatable bonds is 4. The van der Waals surface area contributed by atoms with Gasteiger partial charge >= 0.3 is 0 Å². The van der Waals surface area contributed by atoms with Crippen LogP contribution in [0, 0.1) is 0 Å². The molecule has 4 nitrogen and oxygen atoms in total. The number of carbonyl (C=O) groups is 1. The Morgan fingerprint density at radius 2 is 2.29 bits per heavy atom. The first kappa shape index (κ1) is 11.5. The van der Waals surface area contributed by atoms with Gasteiger partial charge in [-0.05, 0) is 25.7 Å². The fourth-order valence-corrected chi connectivity index (χ4v) is 1.78. The van der Waals surface area contributed by atoms with Gasteiger partial charge in [0.25, 0.3) is 0 Å². The van der Waals surface area contributed by atoms with E-state index in [4.69, 9.17) is 10.8 Å². The molecule has 1 amide bonds. The molecule has 1 atom stereocenters. The summed E-state index contributed by atoms with van der Waals surface area (Å²) < 4.78 is 0. The van der Waals surface area contributed by atoms with Crippen LogP contribution >= 0.6 is 0 Å². The summed E-state index contributed by atoms with van der Waals surface area (Å²) in [6, 6.07) is 0.158. The van der Waals surface area contributed by atoms with Crippen LogP contribution in [0.25, 0.3) is 0 Å². The fraction of sp³-hybridized carbons (Fsp3) is 0.900. The van der Waals surface area contributed by atoms with Gasteiger partial charge in [-0.2, -0.15) is 0 Å². The van der Waals surface area contributed by atoms with Gasteiger partial charge < -0.3 is 15.7 Å². The Labute approximate surface area is 85.1 Å². The Bertz CT molecular complexity index is 185. The predicted octanol–water partition coefficient (Wildman–Crippen LogP) is 0.0987. The first-order valence-corrected chi connectivity index (χ1v) is 5.38. The van der Waals surface area contributed by atoms with Gasteiger partial charge in [0.2, 0.25) is 5.91 Å². The van der Waals surface area contributed by atoms with Crippen molar-refractivity contribution in [2.75, 3.05) is 19.7 Å². The highest BCUT2D eigenvalue weighted by molar-refractivity contribution is 5.76. The number of hydrogen-bond donors (Lipinski definition) is 2. The van der Waals surface area contributed by atoms with Gasteiger partial charge in [-0.3, -0.25) is 4.79 Å². The van der Waals surface area contributed by atoms with Crippen LogP contribution in [0.4, 0.5) is 0 Å². The number of nitrogens with zero attached hydrogens (tertiary/aromatic N) is 1. The molecule has 1 saturated heterocycles. The molecular formula is C10H20N2O2. The highest BCUT2D eigenvalue weighted by Gasteiger charge is 2.20. The Balaban J connectivity index is 2.22. The summed E-state index contributed by atoms with van der Waals surface area (Å²) >= 11 is 0. The molecule has 1 fully saturated rings. The molecule has 0 aromatic carbocycles. The van der Waals surface area contributed by atoms with Crippen LogP contribution < -0.4 is 5.73 Å².